The summed E-state index contributed by atoms with van der Waals surface area (Å²) in [6, 6.07) is 31.9. The second-order valence-corrected chi connectivity index (χ2v) is 6.97. The standard InChI is InChI=1S/C23H22N4/c1-18(25-26-24)22-17-27(22)23(19-11-5-2-6-12-19,20-13-7-3-8-14-20)21-15-9-4-10-16-21/h2-16,18,22H,17H2,1H3/t18-,22+,27?/m1/s1. The Morgan fingerprint density at radius 1 is 0.852 bits per heavy atom. The Bertz CT molecular complexity index is 837. The summed E-state index contributed by atoms with van der Waals surface area (Å²) in [5.41, 5.74) is 12.1. The van der Waals surface area contributed by atoms with E-state index in [-0.39, 0.29) is 12.1 Å². The summed E-state index contributed by atoms with van der Waals surface area (Å²) in [5, 5.41) is 3.97. The molecule has 0 amide bonds. The summed E-state index contributed by atoms with van der Waals surface area (Å²) in [4.78, 5) is 5.48. The molecule has 1 fully saturated rings. The summed E-state index contributed by atoms with van der Waals surface area (Å²) in [5.74, 6) is 0. The third-order valence-corrected chi connectivity index (χ3v) is 5.45. The Morgan fingerprint density at radius 2 is 1.26 bits per heavy atom. The van der Waals surface area contributed by atoms with Crippen molar-refractivity contribution < 1.29 is 0 Å². The van der Waals surface area contributed by atoms with E-state index in [1.165, 1.54) is 16.7 Å². The van der Waals surface area contributed by atoms with Gasteiger partial charge in [0.25, 0.3) is 0 Å². The Morgan fingerprint density at radius 3 is 1.63 bits per heavy atom. The minimum absolute atomic E-state index is 0.0782. The van der Waals surface area contributed by atoms with Crippen LogP contribution in [0.1, 0.15) is 23.6 Å². The van der Waals surface area contributed by atoms with E-state index in [1.54, 1.807) is 0 Å². The number of nitrogens with zero attached hydrogens (tertiary/aromatic N) is 4. The van der Waals surface area contributed by atoms with Crippen LogP contribution in [0.5, 0.6) is 0 Å². The van der Waals surface area contributed by atoms with E-state index in [0.717, 1.165) is 6.54 Å². The normalized spacial score (nSPS) is 19.7. The minimum atomic E-state index is -0.409. The molecule has 0 bridgehead atoms. The highest BCUT2D eigenvalue weighted by atomic mass is 15.4. The third kappa shape index (κ3) is 2.99. The van der Waals surface area contributed by atoms with Crippen molar-refractivity contribution in [2.75, 3.05) is 6.54 Å². The molecule has 4 nitrogen and oxygen atoms in total. The first kappa shape index (κ1) is 17.3. The molecule has 1 aliphatic rings. The van der Waals surface area contributed by atoms with Gasteiger partial charge in [-0.2, -0.15) is 0 Å². The fourth-order valence-corrected chi connectivity index (χ4v) is 4.15. The van der Waals surface area contributed by atoms with E-state index in [0.29, 0.717) is 0 Å². The first-order chi connectivity index (χ1) is 13.3. The number of hydrogen-bond donors (Lipinski definition) is 0. The van der Waals surface area contributed by atoms with Gasteiger partial charge < -0.3 is 0 Å². The molecule has 0 aromatic heterocycles. The van der Waals surface area contributed by atoms with Gasteiger partial charge in [0.05, 0.1) is 11.6 Å². The molecule has 0 N–H and O–H groups in total. The number of hydrogen-bond acceptors (Lipinski definition) is 2. The van der Waals surface area contributed by atoms with Gasteiger partial charge in [-0.05, 0) is 22.2 Å². The molecule has 0 aliphatic carbocycles. The van der Waals surface area contributed by atoms with Crippen LogP contribution in [0.25, 0.3) is 10.4 Å². The van der Waals surface area contributed by atoms with Gasteiger partial charge in [0, 0.05) is 17.5 Å². The van der Waals surface area contributed by atoms with Crippen molar-refractivity contribution in [2.45, 2.75) is 24.5 Å². The molecule has 1 aliphatic heterocycles. The number of azide groups is 1. The first-order valence-electron chi connectivity index (χ1n) is 9.26. The largest absolute Gasteiger partial charge is 0.280 e. The molecule has 0 saturated carbocycles. The molecule has 3 atom stereocenters. The first-order valence-corrected chi connectivity index (χ1v) is 9.26. The van der Waals surface area contributed by atoms with E-state index in [4.69, 9.17) is 5.53 Å². The molecule has 0 spiro atoms. The predicted octanol–water partition coefficient (Wildman–Crippen LogP) is 5.36. The lowest BCUT2D eigenvalue weighted by atomic mass is 9.76. The van der Waals surface area contributed by atoms with Crippen LogP contribution in [-0.4, -0.2) is 23.5 Å². The highest BCUT2D eigenvalue weighted by Gasteiger charge is 2.54. The molecular formula is C23H22N4. The summed E-state index contributed by atoms with van der Waals surface area (Å²) >= 11 is 0. The van der Waals surface area contributed by atoms with Crippen LogP contribution in [-0.2, 0) is 5.54 Å². The zero-order chi connectivity index (χ0) is 18.7. The molecule has 3 aromatic carbocycles. The Hall–Kier alpha value is -3.07. The van der Waals surface area contributed by atoms with Crippen LogP contribution in [0.3, 0.4) is 0 Å². The average Bonchev–Trinajstić information content (AvgIpc) is 3.53. The van der Waals surface area contributed by atoms with Gasteiger partial charge in [-0.1, -0.05) is 103 Å². The molecule has 3 aromatic rings. The zero-order valence-electron chi connectivity index (χ0n) is 15.3. The van der Waals surface area contributed by atoms with Gasteiger partial charge >= 0.3 is 0 Å². The number of rotatable bonds is 6. The van der Waals surface area contributed by atoms with Gasteiger partial charge in [0.1, 0.15) is 0 Å². The van der Waals surface area contributed by atoms with Crippen LogP contribution < -0.4 is 0 Å². The van der Waals surface area contributed by atoms with Crippen molar-refractivity contribution in [1.82, 2.24) is 4.90 Å². The average molecular weight is 354 g/mol. The smallest absolute Gasteiger partial charge is 0.0976 e. The van der Waals surface area contributed by atoms with E-state index in [2.05, 4.69) is 87.7 Å². The summed E-state index contributed by atoms with van der Waals surface area (Å²) in [7, 11) is 0. The van der Waals surface area contributed by atoms with Crippen LogP contribution in [0.2, 0.25) is 0 Å². The van der Waals surface area contributed by atoms with Crippen LogP contribution in [0, 0.1) is 0 Å². The van der Waals surface area contributed by atoms with Crippen molar-refractivity contribution in [3.8, 4) is 0 Å². The lowest BCUT2D eigenvalue weighted by Gasteiger charge is -2.38. The molecular weight excluding hydrogens is 332 g/mol. The molecule has 134 valence electrons. The van der Waals surface area contributed by atoms with Gasteiger partial charge in [0.15, 0.2) is 0 Å². The predicted molar refractivity (Wildman–Crippen MR) is 108 cm³/mol. The van der Waals surface area contributed by atoms with Crippen molar-refractivity contribution in [2.24, 2.45) is 5.11 Å². The topological polar surface area (TPSA) is 51.8 Å². The summed E-state index contributed by atoms with van der Waals surface area (Å²) in [6.07, 6.45) is 0. The Balaban J connectivity index is 1.95. The number of benzene rings is 3. The molecule has 27 heavy (non-hydrogen) atoms. The van der Waals surface area contributed by atoms with Gasteiger partial charge in [-0.15, -0.1) is 0 Å². The maximum Gasteiger partial charge on any atom is 0.0976 e. The van der Waals surface area contributed by atoms with E-state index < -0.39 is 5.54 Å². The van der Waals surface area contributed by atoms with E-state index in [1.807, 2.05) is 25.1 Å². The maximum atomic E-state index is 8.89. The molecule has 1 saturated heterocycles. The van der Waals surface area contributed by atoms with E-state index in [9.17, 15) is 0 Å². The van der Waals surface area contributed by atoms with Crippen LogP contribution in [0.15, 0.2) is 96.1 Å². The summed E-state index contributed by atoms with van der Waals surface area (Å²) in [6.45, 7) is 2.88. The molecule has 4 heteroatoms. The van der Waals surface area contributed by atoms with Crippen LogP contribution >= 0.6 is 0 Å². The van der Waals surface area contributed by atoms with Crippen molar-refractivity contribution >= 4 is 0 Å². The van der Waals surface area contributed by atoms with Gasteiger partial charge in [-0.3, -0.25) is 4.90 Å². The van der Waals surface area contributed by atoms with E-state index >= 15 is 0 Å². The highest BCUT2D eigenvalue weighted by molar-refractivity contribution is 5.51. The second-order valence-electron chi connectivity index (χ2n) is 6.97. The highest BCUT2D eigenvalue weighted by Crippen LogP contribution is 2.49. The Labute approximate surface area is 159 Å². The molecule has 1 unspecified atom stereocenters. The zero-order valence-corrected chi connectivity index (χ0v) is 15.3. The summed E-state index contributed by atoms with van der Waals surface area (Å²) < 4.78 is 0. The minimum Gasteiger partial charge on any atom is -0.280 e. The van der Waals surface area contributed by atoms with Crippen molar-refractivity contribution in [3.63, 3.8) is 0 Å². The lowest BCUT2D eigenvalue weighted by molar-refractivity contribution is 0.310. The van der Waals surface area contributed by atoms with Gasteiger partial charge in [0.2, 0.25) is 0 Å². The van der Waals surface area contributed by atoms with Crippen molar-refractivity contribution in [1.29, 1.82) is 0 Å². The third-order valence-electron chi connectivity index (χ3n) is 5.45. The molecule has 1 heterocycles. The fraction of sp³-hybridized carbons (Fsp3) is 0.217. The second kappa shape index (κ2) is 7.28. The fourth-order valence-electron chi connectivity index (χ4n) is 4.15. The van der Waals surface area contributed by atoms with Gasteiger partial charge in [-0.25, -0.2) is 0 Å². The van der Waals surface area contributed by atoms with Crippen LogP contribution in [0.4, 0.5) is 0 Å². The molecule has 0 radical (unpaired) electrons. The quantitative estimate of drug-likeness (QED) is 0.193. The monoisotopic (exact) mass is 354 g/mol. The molecule has 4 rings (SSSR count). The van der Waals surface area contributed by atoms with Crippen molar-refractivity contribution in [3.05, 3.63) is 118 Å². The maximum absolute atomic E-state index is 8.89. The lowest BCUT2D eigenvalue weighted by Crippen LogP contribution is -2.40. The SMILES string of the molecule is C[C@@H](N=[N+]=[N-])[C@@H]1CN1C(c1ccccc1)(c1ccccc1)c1ccccc1. The Kier molecular flexibility index (Phi) is 4.68.